The van der Waals surface area contributed by atoms with Gasteiger partial charge < -0.3 is 15.2 Å². The first-order chi connectivity index (χ1) is 9.75. The molecule has 1 unspecified atom stereocenters. The summed E-state index contributed by atoms with van der Waals surface area (Å²) in [7, 11) is 0. The summed E-state index contributed by atoms with van der Waals surface area (Å²) in [6.45, 7) is 2.40. The average Bonchev–Trinajstić information content (AvgIpc) is 2.41. The zero-order chi connectivity index (χ0) is 16.0. The summed E-state index contributed by atoms with van der Waals surface area (Å²) in [5.74, 6) is -0.316. The van der Waals surface area contributed by atoms with Crippen molar-refractivity contribution >= 4 is 5.69 Å². The summed E-state index contributed by atoms with van der Waals surface area (Å²) in [6, 6.07) is 1.98. The van der Waals surface area contributed by atoms with E-state index in [9.17, 15) is 28.4 Å². The molecule has 1 rings (SSSR count). The van der Waals surface area contributed by atoms with E-state index in [-0.39, 0.29) is 18.9 Å². The van der Waals surface area contributed by atoms with Gasteiger partial charge >= 0.3 is 11.9 Å². The van der Waals surface area contributed by atoms with E-state index in [2.05, 4.69) is 5.32 Å². The van der Waals surface area contributed by atoms with Gasteiger partial charge in [0.25, 0.3) is 0 Å². The SMILES string of the molecule is CCNCC(O)COc1ccc(C(F)(F)F)cc1[N+](=O)[O-]. The second-order valence-corrected chi connectivity index (χ2v) is 4.21. The molecule has 0 aliphatic heterocycles. The molecule has 0 radical (unpaired) electrons. The first-order valence-electron chi connectivity index (χ1n) is 6.13. The van der Waals surface area contributed by atoms with Gasteiger partial charge in [-0.15, -0.1) is 0 Å². The lowest BCUT2D eigenvalue weighted by Crippen LogP contribution is -2.31. The van der Waals surface area contributed by atoms with Crippen LogP contribution in [-0.2, 0) is 6.18 Å². The van der Waals surface area contributed by atoms with Crippen molar-refractivity contribution in [2.45, 2.75) is 19.2 Å². The first kappa shape index (κ1) is 17.2. The average molecular weight is 308 g/mol. The van der Waals surface area contributed by atoms with Crippen LogP contribution in [0.25, 0.3) is 0 Å². The molecule has 0 bridgehead atoms. The lowest BCUT2D eigenvalue weighted by molar-refractivity contribution is -0.386. The van der Waals surface area contributed by atoms with Crippen LogP contribution in [0.4, 0.5) is 18.9 Å². The van der Waals surface area contributed by atoms with Crippen LogP contribution in [0.3, 0.4) is 0 Å². The number of aliphatic hydroxyl groups is 1. The fourth-order valence-electron chi connectivity index (χ4n) is 1.51. The summed E-state index contributed by atoms with van der Waals surface area (Å²) in [5.41, 5.74) is -1.92. The highest BCUT2D eigenvalue weighted by Crippen LogP contribution is 2.35. The minimum absolute atomic E-state index is 0.213. The molecule has 9 heteroatoms. The van der Waals surface area contributed by atoms with Crippen LogP contribution in [0.2, 0.25) is 0 Å². The molecule has 0 amide bonds. The largest absolute Gasteiger partial charge is 0.484 e. The predicted molar refractivity (Wildman–Crippen MR) is 68.1 cm³/mol. The van der Waals surface area contributed by atoms with Crippen molar-refractivity contribution in [1.29, 1.82) is 0 Å². The van der Waals surface area contributed by atoms with Gasteiger partial charge in [0, 0.05) is 12.6 Å². The quantitative estimate of drug-likeness (QED) is 0.594. The molecule has 6 nitrogen and oxygen atoms in total. The number of rotatable bonds is 7. The normalized spacial score (nSPS) is 13.0. The van der Waals surface area contributed by atoms with E-state index in [1.165, 1.54) is 0 Å². The number of nitrogens with zero attached hydrogens (tertiary/aromatic N) is 1. The second-order valence-electron chi connectivity index (χ2n) is 4.21. The number of hydrogen-bond acceptors (Lipinski definition) is 5. The maximum atomic E-state index is 12.5. The van der Waals surface area contributed by atoms with E-state index in [4.69, 9.17) is 4.74 Å². The van der Waals surface area contributed by atoms with Gasteiger partial charge in [0.1, 0.15) is 12.7 Å². The molecule has 0 aliphatic rings. The van der Waals surface area contributed by atoms with Gasteiger partial charge in [0.2, 0.25) is 0 Å². The van der Waals surface area contributed by atoms with Crippen LogP contribution in [-0.4, -0.2) is 35.8 Å². The highest BCUT2D eigenvalue weighted by molar-refractivity contribution is 5.49. The van der Waals surface area contributed by atoms with Crippen molar-refractivity contribution < 1.29 is 27.9 Å². The molecule has 2 N–H and O–H groups in total. The van der Waals surface area contributed by atoms with Crippen molar-refractivity contribution in [3.63, 3.8) is 0 Å². The topological polar surface area (TPSA) is 84.6 Å². The highest BCUT2D eigenvalue weighted by Gasteiger charge is 2.33. The summed E-state index contributed by atoms with van der Waals surface area (Å²) in [6.07, 6.45) is -5.60. The molecule has 1 aromatic rings. The number of aliphatic hydroxyl groups excluding tert-OH is 1. The van der Waals surface area contributed by atoms with Crippen LogP contribution in [0.1, 0.15) is 12.5 Å². The molecule has 1 atom stereocenters. The third-order valence-corrected chi connectivity index (χ3v) is 2.54. The number of nitro benzene ring substituents is 1. The molecule has 118 valence electrons. The predicted octanol–water partition coefficient (Wildman–Crippen LogP) is 1.96. The number of hydrogen-bond donors (Lipinski definition) is 2. The summed E-state index contributed by atoms with van der Waals surface area (Å²) in [4.78, 5) is 9.84. The lowest BCUT2D eigenvalue weighted by Gasteiger charge is -2.13. The maximum Gasteiger partial charge on any atom is 0.416 e. The van der Waals surface area contributed by atoms with Gasteiger partial charge in [-0.3, -0.25) is 10.1 Å². The van der Waals surface area contributed by atoms with E-state index in [0.29, 0.717) is 18.7 Å². The third kappa shape index (κ3) is 5.20. The molecule has 0 saturated carbocycles. The van der Waals surface area contributed by atoms with Gasteiger partial charge in [-0.1, -0.05) is 6.92 Å². The summed E-state index contributed by atoms with van der Waals surface area (Å²) >= 11 is 0. The van der Waals surface area contributed by atoms with Gasteiger partial charge in [-0.25, -0.2) is 0 Å². The highest BCUT2D eigenvalue weighted by atomic mass is 19.4. The van der Waals surface area contributed by atoms with E-state index in [1.54, 1.807) is 0 Å². The van der Waals surface area contributed by atoms with Crippen molar-refractivity contribution in [1.82, 2.24) is 5.32 Å². The molecule has 1 aromatic carbocycles. The van der Waals surface area contributed by atoms with E-state index in [0.717, 1.165) is 6.07 Å². The molecule has 0 aliphatic carbocycles. The Morgan fingerprint density at radius 2 is 2.14 bits per heavy atom. The van der Waals surface area contributed by atoms with Crippen LogP contribution in [0, 0.1) is 10.1 Å². The molecule has 0 fully saturated rings. The van der Waals surface area contributed by atoms with Crippen molar-refractivity contribution in [2.75, 3.05) is 19.7 Å². The molecular weight excluding hydrogens is 293 g/mol. The third-order valence-electron chi connectivity index (χ3n) is 2.54. The number of alkyl halides is 3. The zero-order valence-electron chi connectivity index (χ0n) is 11.2. The van der Waals surface area contributed by atoms with E-state index >= 15 is 0 Å². The standard InChI is InChI=1S/C12H15F3N2O4/c1-2-16-6-9(18)7-21-11-4-3-8(12(13,14)15)5-10(11)17(19)20/h3-5,9,16,18H,2,6-7H2,1H3. The summed E-state index contributed by atoms with van der Waals surface area (Å²) in [5, 5.41) is 23.2. The minimum Gasteiger partial charge on any atom is -0.484 e. The lowest BCUT2D eigenvalue weighted by atomic mass is 10.2. The van der Waals surface area contributed by atoms with Gasteiger partial charge in [0.05, 0.1) is 10.5 Å². The number of ether oxygens (including phenoxy) is 1. The Bertz CT molecular complexity index is 494. The van der Waals surface area contributed by atoms with Crippen LogP contribution < -0.4 is 10.1 Å². The molecule has 0 spiro atoms. The van der Waals surface area contributed by atoms with Gasteiger partial charge in [-0.2, -0.15) is 13.2 Å². The van der Waals surface area contributed by atoms with Crippen LogP contribution in [0.5, 0.6) is 5.75 Å². The molecule has 0 heterocycles. The summed E-state index contributed by atoms with van der Waals surface area (Å²) < 4.78 is 42.5. The number of likely N-dealkylation sites (N-methyl/N-ethyl adjacent to an activating group) is 1. The number of nitrogens with one attached hydrogen (secondary N) is 1. The Balaban J connectivity index is 2.85. The Labute approximate surface area is 118 Å². The Morgan fingerprint density at radius 3 is 2.67 bits per heavy atom. The number of benzene rings is 1. The number of nitro groups is 1. The van der Waals surface area contributed by atoms with Gasteiger partial charge in [-0.05, 0) is 18.7 Å². The van der Waals surface area contributed by atoms with E-state index in [1.807, 2.05) is 6.92 Å². The molecular formula is C12H15F3N2O4. The fourth-order valence-corrected chi connectivity index (χ4v) is 1.51. The van der Waals surface area contributed by atoms with Crippen LogP contribution in [0.15, 0.2) is 18.2 Å². The Hall–Kier alpha value is -1.87. The Kier molecular flexibility index (Phi) is 5.91. The fraction of sp³-hybridized carbons (Fsp3) is 0.500. The number of halogens is 3. The van der Waals surface area contributed by atoms with Gasteiger partial charge in [0.15, 0.2) is 5.75 Å². The maximum absolute atomic E-state index is 12.5. The smallest absolute Gasteiger partial charge is 0.416 e. The monoisotopic (exact) mass is 308 g/mol. The Morgan fingerprint density at radius 1 is 1.48 bits per heavy atom. The van der Waals surface area contributed by atoms with E-state index < -0.39 is 28.5 Å². The molecule has 0 saturated heterocycles. The molecule has 0 aromatic heterocycles. The van der Waals surface area contributed by atoms with Crippen LogP contribution >= 0.6 is 0 Å². The first-order valence-corrected chi connectivity index (χ1v) is 6.13. The van der Waals surface area contributed by atoms with Crippen molar-refractivity contribution in [3.8, 4) is 5.75 Å². The minimum atomic E-state index is -4.67. The molecule has 21 heavy (non-hydrogen) atoms. The van der Waals surface area contributed by atoms with Crippen molar-refractivity contribution in [3.05, 3.63) is 33.9 Å². The van der Waals surface area contributed by atoms with Crippen molar-refractivity contribution in [2.24, 2.45) is 0 Å². The second kappa shape index (κ2) is 7.23. The zero-order valence-corrected chi connectivity index (χ0v) is 11.2.